The molecule has 16 heavy (non-hydrogen) atoms. The molecule has 0 spiro atoms. The van der Waals surface area contributed by atoms with Crippen molar-refractivity contribution in [3.63, 3.8) is 0 Å². The molecule has 0 radical (unpaired) electrons. The molecule has 1 atom stereocenters. The Kier molecular flexibility index (Phi) is 4.83. The van der Waals surface area contributed by atoms with Gasteiger partial charge in [0, 0.05) is 0 Å². The van der Waals surface area contributed by atoms with Crippen LogP contribution in [0.25, 0.3) is 0 Å². The molecule has 0 amide bonds. The first-order valence-corrected chi connectivity index (χ1v) is 6.58. The third kappa shape index (κ3) is 5.19. The van der Waals surface area contributed by atoms with Crippen molar-refractivity contribution in [1.29, 1.82) is 0 Å². The number of hydrogen-bond donors (Lipinski definition) is 3. The highest BCUT2D eigenvalue weighted by atomic mass is 31.2. The van der Waals surface area contributed by atoms with Gasteiger partial charge in [0.05, 0.1) is 12.3 Å². The van der Waals surface area contributed by atoms with Crippen molar-refractivity contribution in [3.05, 3.63) is 35.9 Å². The number of rotatable bonds is 6. The summed E-state index contributed by atoms with van der Waals surface area (Å²) in [5, 5.41) is 2.53. The van der Waals surface area contributed by atoms with Crippen LogP contribution < -0.4 is 5.32 Å². The highest BCUT2D eigenvalue weighted by Gasteiger charge is 2.16. The minimum absolute atomic E-state index is 0.421. The van der Waals surface area contributed by atoms with Crippen molar-refractivity contribution in [1.82, 2.24) is 5.32 Å². The maximum Gasteiger partial charge on any atom is 0.339 e. The lowest BCUT2D eigenvalue weighted by molar-refractivity contribution is -0.109. The molecule has 0 aliphatic heterocycles. The van der Waals surface area contributed by atoms with Crippen LogP contribution in [0.1, 0.15) is 5.56 Å². The van der Waals surface area contributed by atoms with Gasteiger partial charge in [0.2, 0.25) is 0 Å². The van der Waals surface area contributed by atoms with Crippen molar-refractivity contribution < 1.29 is 19.1 Å². The zero-order valence-corrected chi connectivity index (χ0v) is 9.51. The van der Waals surface area contributed by atoms with E-state index >= 15 is 0 Å². The van der Waals surface area contributed by atoms with Gasteiger partial charge in [-0.2, -0.15) is 0 Å². The summed E-state index contributed by atoms with van der Waals surface area (Å²) in [4.78, 5) is 28.0. The number of benzene rings is 1. The second-order valence-electron chi connectivity index (χ2n) is 3.46. The van der Waals surface area contributed by atoms with Crippen molar-refractivity contribution in [2.45, 2.75) is 12.5 Å². The Morgan fingerprint density at radius 3 is 2.44 bits per heavy atom. The fourth-order valence-electron chi connectivity index (χ4n) is 1.27. The molecule has 5 nitrogen and oxygen atoms in total. The molecule has 88 valence electrons. The van der Waals surface area contributed by atoms with E-state index < -0.39 is 19.9 Å². The van der Waals surface area contributed by atoms with Crippen LogP contribution in [0.3, 0.4) is 0 Å². The zero-order valence-electron chi connectivity index (χ0n) is 8.61. The predicted molar refractivity (Wildman–Crippen MR) is 60.0 cm³/mol. The van der Waals surface area contributed by atoms with E-state index in [-0.39, 0.29) is 0 Å². The molecular formula is C10H14NO4P. The van der Waals surface area contributed by atoms with Crippen molar-refractivity contribution in [3.8, 4) is 0 Å². The standard InChI is InChI=1S/C10H14NO4P/c12-7-10(11-8-16(13,14)15)6-9-4-2-1-3-5-9/h1-5,7,10-11H,6,8H2,(H2,13,14,15)/t10-/m0/s1. The van der Waals surface area contributed by atoms with Gasteiger partial charge in [0.25, 0.3) is 0 Å². The summed E-state index contributed by atoms with van der Waals surface area (Å²) in [5.41, 5.74) is 0.942. The molecule has 0 heterocycles. The smallest absolute Gasteiger partial charge is 0.324 e. The number of carbonyl (C=O) groups excluding carboxylic acids is 1. The fourth-order valence-corrected chi connectivity index (χ4v) is 1.74. The van der Waals surface area contributed by atoms with Crippen LogP contribution in [0, 0.1) is 0 Å². The molecule has 0 aromatic heterocycles. The van der Waals surface area contributed by atoms with Gasteiger partial charge in [-0.05, 0) is 12.0 Å². The average Bonchev–Trinajstić information content (AvgIpc) is 2.24. The van der Waals surface area contributed by atoms with E-state index in [1.807, 2.05) is 30.3 Å². The predicted octanol–water partition coefficient (Wildman–Crippen LogP) is 0.521. The monoisotopic (exact) mass is 243 g/mol. The van der Waals surface area contributed by atoms with E-state index in [1.54, 1.807) is 0 Å². The van der Waals surface area contributed by atoms with Crippen LogP contribution in [0.5, 0.6) is 0 Å². The Morgan fingerprint density at radius 2 is 1.94 bits per heavy atom. The van der Waals surface area contributed by atoms with Gasteiger partial charge in [0.15, 0.2) is 0 Å². The number of hydrogen-bond acceptors (Lipinski definition) is 3. The topological polar surface area (TPSA) is 86.6 Å². The highest BCUT2D eigenvalue weighted by Crippen LogP contribution is 2.32. The molecule has 0 saturated carbocycles. The molecule has 0 bridgehead atoms. The highest BCUT2D eigenvalue weighted by molar-refractivity contribution is 7.51. The molecule has 6 heteroatoms. The van der Waals surface area contributed by atoms with E-state index in [4.69, 9.17) is 9.79 Å². The van der Waals surface area contributed by atoms with Crippen LogP contribution >= 0.6 is 7.60 Å². The number of aldehydes is 1. The van der Waals surface area contributed by atoms with Crippen molar-refractivity contribution in [2.75, 3.05) is 6.29 Å². The molecule has 1 aromatic carbocycles. The largest absolute Gasteiger partial charge is 0.339 e. The molecule has 0 aliphatic carbocycles. The Balaban J connectivity index is 2.50. The van der Waals surface area contributed by atoms with Gasteiger partial charge in [-0.1, -0.05) is 30.3 Å². The molecule has 1 aromatic rings. The van der Waals surface area contributed by atoms with Gasteiger partial charge < -0.3 is 14.6 Å². The third-order valence-electron chi connectivity index (χ3n) is 2.02. The first-order chi connectivity index (χ1) is 7.51. The summed E-state index contributed by atoms with van der Waals surface area (Å²) < 4.78 is 10.6. The maximum atomic E-state index is 10.7. The Hall–Kier alpha value is -1.00. The van der Waals surface area contributed by atoms with Gasteiger partial charge in [-0.3, -0.25) is 9.88 Å². The molecule has 0 unspecified atom stereocenters. The van der Waals surface area contributed by atoms with E-state index in [0.717, 1.165) is 5.56 Å². The lowest BCUT2D eigenvalue weighted by Crippen LogP contribution is -2.33. The van der Waals surface area contributed by atoms with Crippen LogP contribution in [-0.2, 0) is 15.8 Å². The molecule has 3 N–H and O–H groups in total. The maximum absolute atomic E-state index is 10.7. The van der Waals surface area contributed by atoms with Crippen molar-refractivity contribution in [2.24, 2.45) is 0 Å². The Labute approximate surface area is 93.7 Å². The molecule has 0 fully saturated rings. The second kappa shape index (κ2) is 5.92. The van der Waals surface area contributed by atoms with E-state index in [0.29, 0.717) is 12.7 Å². The third-order valence-corrected chi connectivity index (χ3v) is 2.62. The minimum atomic E-state index is -4.11. The molecule has 0 saturated heterocycles. The van der Waals surface area contributed by atoms with Gasteiger partial charge in [0.1, 0.15) is 6.29 Å². The summed E-state index contributed by atoms with van der Waals surface area (Å²) in [6.45, 7) is 0. The first-order valence-electron chi connectivity index (χ1n) is 4.78. The number of nitrogens with one attached hydrogen (secondary N) is 1. The van der Waals surface area contributed by atoms with Crippen LogP contribution in [0.4, 0.5) is 0 Å². The van der Waals surface area contributed by atoms with E-state index in [2.05, 4.69) is 5.32 Å². The normalized spacial score (nSPS) is 13.4. The molecule has 1 rings (SSSR count). The average molecular weight is 243 g/mol. The summed E-state index contributed by atoms with van der Waals surface area (Å²) in [7, 11) is -4.11. The van der Waals surface area contributed by atoms with Crippen molar-refractivity contribution >= 4 is 13.9 Å². The summed E-state index contributed by atoms with van der Waals surface area (Å²) in [6.07, 6.45) is 0.593. The Bertz CT molecular complexity index is 376. The van der Waals surface area contributed by atoms with Gasteiger partial charge >= 0.3 is 7.60 Å². The van der Waals surface area contributed by atoms with Crippen LogP contribution in [-0.4, -0.2) is 28.4 Å². The van der Waals surface area contributed by atoms with E-state index in [9.17, 15) is 9.36 Å². The summed E-state index contributed by atoms with van der Waals surface area (Å²) >= 11 is 0. The summed E-state index contributed by atoms with van der Waals surface area (Å²) in [6, 6.07) is 8.70. The zero-order chi connectivity index (χ0) is 12.0. The molecular weight excluding hydrogens is 229 g/mol. The molecule has 0 aliphatic rings. The second-order valence-corrected chi connectivity index (χ2v) is 5.10. The van der Waals surface area contributed by atoms with Gasteiger partial charge in [-0.25, -0.2) is 0 Å². The first kappa shape index (κ1) is 13.1. The summed E-state index contributed by atoms with van der Waals surface area (Å²) in [5.74, 6) is 0. The van der Waals surface area contributed by atoms with E-state index in [1.165, 1.54) is 0 Å². The lowest BCUT2D eigenvalue weighted by atomic mass is 10.1. The lowest BCUT2D eigenvalue weighted by Gasteiger charge is -2.13. The SMILES string of the molecule is O=C[C@H](Cc1ccccc1)NCP(=O)(O)O. The van der Waals surface area contributed by atoms with Crippen LogP contribution in [0.2, 0.25) is 0 Å². The fraction of sp³-hybridized carbons (Fsp3) is 0.300. The Morgan fingerprint density at radius 1 is 1.31 bits per heavy atom. The quantitative estimate of drug-likeness (QED) is 0.501. The van der Waals surface area contributed by atoms with Crippen LogP contribution in [0.15, 0.2) is 30.3 Å². The minimum Gasteiger partial charge on any atom is -0.324 e. The van der Waals surface area contributed by atoms with Gasteiger partial charge in [-0.15, -0.1) is 0 Å². The number of carbonyl (C=O) groups is 1.